The summed E-state index contributed by atoms with van der Waals surface area (Å²) in [6.07, 6.45) is 0. The average Bonchev–Trinajstić information content (AvgIpc) is 3.28. The molecule has 0 spiro atoms. The summed E-state index contributed by atoms with van der Waals surface area (Å²) < 4.78 is 0. The fraction of sp³-hybridized carbons (Fsp3) is 0. The lowest BCUT2D eigenvalue weighted by atomic mass is 9.96. The molecule has 0 aliphatic heterocycles. The largest absolute Gasteiger partial charge is 0.310 e. The second kappa shape index (κ2) is 14.4. The summed E-state index contributed by atoms with van der Waals surface area (Å²) in [5, 5.41) is 7.59. The number of para-hydroxylation sites is 2. The third-order valence-electron chi connectivity index (χ3n) is 10.8. The second-order valence-corrected chi connectivity index (χ2v) is 14.2. The molecule has 10 aromatic carbocycles. The van der Waals surface area contributed by atoms with Crippen molar-refractivity contribution in [1.82, 2.24) is 0 Å². The summed E-state index contributed by atoms with van der Waals surface area (Å²) in [6.45, 7) is 0. The van der Waals surface area contributed by atoms with Crippen molar-refractivity contribution in [2.45, 2.75) is 0 Å². The van der Waals surface area contributed by atoms with E-state index < -0.39 is 0 Å². The van der Waals surface area contributed by atoms with Gasteiger partial charge in [0, 0.05) is 34.1 Å². The predicted octanol–water partition coefficient (Wildman–Crippen LogP) is 15.4. The van der Waals surface area contributed by atoms with Crippen LogP contribution in [0.1, 0.15) is 0 Å². The highest BCUT2D eigenvalue weighted by molar-refractivity contribution is 6.17. The van der Waals surface area contributed by atoms with Crippen LogP contribution in [-0.2, 0) is 0 Å². The van der Waals surface area contributed by atoms with E-state index >= 15 is 0 Å². The molecule has 0 aliphatic carbocycles. The SMILES string of the molecule is c1ccc(-c2cccc(-c3cccc(N(c4ccccc4)c4ccc(N(c5ccccc5)c5ccc6c(ccc7c8ccccc8ccc67)c5)cc4)c3)c2)cc1. The van der Waals surface area contributed by atoms with Crippen LogP contribution in [0.4, 0.5) is 34.1 Å². The van der Waals surface area contributed by atoms with Crippen molar-refractivity contribution in [2.75, 3.05) is 9.80 Å². The fourth-order valence-electron chi connectivity index (χ4n) is 8.09. The molecular formula is C54H38N2. The van der Waals surface area contributed by atoms with Gasteiger partial charge in [-0.3, -0.25) is 0 Å². The van der Waals surface area contributed by atoms with Crippen molar-refractivity contribution in [3.63, 3.8) is 0 Å². The first-order valence-electron chi connectivity index (χ1n) is 19.2. The van der Waals surface area contributed by atoms with Crippen LogP contribution in [0.5, 0.6) is 0 Å². The highest BCUT2D eigenvalue weighted by Crippen LogP contribution is 2.41. The summed E-state index contributed by atoms with van der Waals surface area (Å²) in [4.78, 5) is 4.69. The number of nitrogens with zero attached hydrogens (tertiary/aromatic N) is 2. The van der Waals surface area contributed by atoms with E-state index in [0.29, 0.717) is 0 Å². The Morgan fingerprint density at radius 2 is 0.589 bits per heavy atom. The van der Waals surface area contributed by atoms with Gasteiger partial charge in [-0.05, 0) is 133 Å². The van der Waals surface area contributed by atoms with Gasteiger partial charge in [-0.25, -0.2) is 0 Å². The number of rotatable bonds is 8. The monoisotopic (exact) mass is 714 g/mol. The fourth-order valence-corrected chi connectivity index (χ4v) is 8.09. The first-order chi connectivity index (χ1) is 27.8. The van der Waals surface area contributed by atoms with Gasteiger partial charge in [0.15, 0.2) is 0 Å². The van der Waals surface area contributed by atoms with Gasteiger partial charge in [0.25, 0.3) is 0 Å². The molecule has 0 bridgehead atoms. The van der Waals surface area contributed by atoms with Gasteiger partial charge >= 0.3 is 0 Å². The topological polar surface area (TPSA) is 6.48 Å². The van der Waals surface area contributed by atoms with E-state index in [4.69, 9.17) is 0 Å². The third-order valence-corrected chi connectivity index (χ3v) is 10.8. The maximum atomic E-state index is 2.35. The lowest BCUT2D eigenvalue weighted by molar-refractivity contribution is 1.26. The quantitative estimate of drug-likeness (QED) is 0.145. The molecular weight excluding hydrogens is 677 g/mol. The molecule has 0 aliphatic rings. The van der Waals surface area contributed by atoms with E-state index in [9.17, 15) is 0 Å². The van der Waals surface area contributed by atoms with Crippen LogP contribution in [0, 0.1) is 0 Å². The van der Waals surface area contributed by atoms with Crippen LogP contribution >= 0.6 is 0 Å². The van der Waals surface area contributed by atoms with Crippen LogP contribution in [0.15, 0.2) is 231 Å². The Hall–Kier alpha value is -7.42. The number of hydrogen-bond acceptors (Lipinski definition) is 2. The van der Waals surface area contributed by atoms with E-state index in [1.54, 1.807) is 0 Å². The Balaban J connectivity index is 1.04. The Morgan fingerprint density at radius 3 is 1.23 bits per heavy atom. The Labute approximate surface area is 327 Å². The summed E-state index contributed by atoms with van der Waals surface area (Å²) in [6, 6.07) is 83.0. The van der Waals surface area contributed by atoms with Gasteiger partial charge < -0.3 is 9.80 Å². The minimum absolute atomic E-state index is 1.08. The van der Waals surface area contributed by atoms with Crippen LogP contribution in [0.2, 0.25) is 0 Å². The van der Waals surface area contributed by atoms with Gasteiger partial charge in [-0.1, -0.05) is 152 Å². The van der Waals surface area contributed by atoms with E-state index in [2.05, 4.69) is 240 Å². The van der Waals surface area contributed by atoms with Gasteiger partial charge in [-0.15, -0.1) is 0 Å². The molecule has 0 fully saturated rings. The number of benzene rings is 10. The molecule has 264 valence electrons. The van der Waals surface area contributed by atoms with Crippen LogP contribution in [0.25, 0.3) is 54.6 Å². The Bertz CT molecular complexity index is 2960. The summed E-state index contributed by atoms with van der Waals surface area (Å²) in [5.41, 5.74) is 11.4. The molecule has 0 heterocycles. The number of anilines is 6. The molecule has 0 radical (unpaired) electrons. The minimum atomic E-state index is 1.08. The van der Waals surface area contributed by atoms with E-state index in [-0.39, 0.29) is 0 Å². The Morgan fingerprint density at radius 1 is 0.196 bits per heavy atom. The second-order valence-electron chi connectivity index (χ2n) is 14.2. The zero-order valence-corrected chi connectivity index (χ0v) is 30.8. The zero-order chi connectivity index (χ0) is 37.3. The molecule has 0 aromatic heterocycles. The number of fused-ring (bicyclic) bond motifs is 5. The van der Waals surface area contributed by atoms with E-state index in [1.807, 2.05) is 0 Å². The maximum absolute atomic E-state index is 2.35. The van der Waals surface area contributed by atoms with Gasteiger partial charge in [-0.2, -0.15) is 0 Å². The van der Waals surface area contributed by atoms with Crippen LogP contribution in [0.3, 0.4) is 0 Å². The molecule has 0 saturated heterocycles. The Kier molecular flexibility index (Phi) is 8.55. The molecule has 0 amide bonds. The van der Waals surface area contributed by atoms with Crippen molar-refractivity contribution in [3.05, 3.63) is 231 Å². The first kappa shape index (κ1) is 33.2. The van der Waals surface area contributed by atoms with Gasteiger partial charge in [0.2, 0.25) is 0 Å². The molecule has 56 heavy (non-hydrogen) atoms. The highest BCUT2D eigenvalue weighted by atomic mass is 15.2. The molecule has 0 saturated carbocycles. The third kappa shape index (κ3) is 6.24. The molecule has 10 rings (SSSR count). The molecule has 2 heteroatoms. The molecule has 0 unspecified atom stereocenters. The smallest absolute Gasteiger partial charge is 0.0468 e. The molecule has 2 nitrogen and oxygen atoms in total. The van der Waals surface area contributed by atoms with Crippen LogP contribution < -0.4 is 9.80 Å². The van der Waals surface area contributed by atoms with Crippen molar-refractivity contribution in [3.8, 4) is 22.3 Å². The van der Waals surface area contributed by atoms with Gasteiger partial charge in [0.05, 0.1) is 0 Å². The summed E-state index contributed by atoms with van der Waals surface area (Å²) in [7, 11) is 0. The molecule has 10 aromatic rings. The van der Waals surface area contributed by atoms with Gasteiger partial charge in [0.1, 0.15) is 0 Å². The van der Waals surface area contributed by atoms with E-state index in [0.717, 1.165) is 34.1 Å². The predicted molar refractivity (Wildman–Crippen MR) is 239 cm³/mol. The maximum Gasteiger partial charge on any atom is 0.0468 e. The lowest BCUT2D eigenvalue weighted by Crippen LogP contribution is -2.12. The normalized spacial score (nSPS) is 11.2. The first-order valence-corrected chi connectivity index (χ1v) is 19.2. The standard InChI is InChI=1S/C54H38N2/c1-4-14-39(15-5-1)41-17-12-18-42(36-41)43-19-13-24-49(37-43)55(45-20-6-2-7-21-45)47-28-30-48(31-29-47)56(46-22-8-3-9-23-46)50-32-35-52-44(38-50)27-34-53-51-25-11-10-16-40(51)26-33-54(52)53/h1-38H. The summed E-state index contributed by atoms with van der Waals surface area (Å²) >= 11 is 0. The highest BCUT2D eigenvalue weighted by Gasteiger charge is 2.17. The lowest BCUT2D eigenvalue weighted by Gasteiger charge is -2.28. The number of hydrogen-bond donors (Lipinski definition) is 0. The van der Waals surface area contributed by atoms with E-state index in [1.165, 1.54) is 54.6 Å². The van der Waals surface area contributed by atoms with Crippen molar-refractivity contribution in [1.29, 1.82) is 0 Å². The van der Waals surface area contributed by atoms with Crippen molar-refractivity contribution >= 4 is 66.4 Å². The summed E-state index contributed by atoms with van der Waals surface area (Å²) in [5.74, 6) is 0. The average molecular weight is 715 g/mol. The van der Waals surface area contributed by atoms with Crippen molar-refractivity contribution < 1.29 is 0 Å². The molecule has 0 N–H and O–H groups in total. The van der Waals surface area contributed by atoms with Crippen molar-refractivity contribution in [2.24, 2.45) is 0 Å². The molecule has 0 atom stereocenters. The zero-order valence-electron chi connectivity index (χ0n) is 30.8. The minimum Gasteiger partial charge on any atom is -0.310 e. The van der Waals surface area contributed by atoms with Crippen LogP contribution in [-0.4, -0.2) is 0 Å².